The highest BCUT2D eigenvalue weighted by molar-refractivity contribution is 4.94. The first-order valence-electron chi connectivity index (χ1n) is 7.20. The van der Waals surface area contributed by atoms with Gasteiger partial charge in [-0.3, -0.25) is 0 Å². The highest BCUT2D eigenvalue weighted by Gasteiger charge is 2.48. The van der Waals surface area contributed by atoms with Gasteiger partial charge in [-0.05, 0) is 0 Å². The van der Waals surface area contributed by atoms with E-state index in [2.05, 4.69) is 19.7 Å². The summed E-state index contributed by atoms with van der Waals surface area (Å²) in [5.74, 6) is 0. The Morgan fingerprint density at radius 2 is 1.41 bits per heavy atom. The maximum atomic E-state index is 9.56. The molecule has 0 unspecified atom stereocenters. The zero-order chi connectivity index (χ0) is 16.4. The van der Waals surface area contributed by atoms with Crippen LogP contribution in [0.5, 0.6) is 0 Å². The van der Waals surface area contributed by atoms with Crippen LogP contribution in [0.3, 0.4) is 0 Å². The van der Waals surface area contributed by atoms with E-state index in [-0.39, 0.29) is 6.61 Å². The Bertz CT molecular complexity index is 320. The third kappa shape index (κ3) is 5.01. The lowest BCUT2D eigenvalue weighted by Gasteiger charge is -2.44. The Morgan fingerprint density at radius 3 is 1.86 bits per heavy atom. The van der Waals surface area contributed by atoms with E-state index >= 15 is 0 Å². The summed E-state index contributed by atoms with van der Waals surface area (Å²) in [6.07, 6.45) is 2.15. The van der Waals surface area contributed by atoms with Gasteiger partial charge in [0.2, 0.25) is 0 Å². The number of ether oxygens (including phenoxy) is 5. The van der Waals surface area contributed by atoms with Crippen LogP contribution in [0.15, 0.2) is 38.0 Å². The average Bonchev–Trinajstić information content (AvgIpc) is 2.55. The monoisotopic (exact) mass is 314 g/mol. The van der Waals surface area contributed by atoms with Gasteiger partial charge in [-0.15, -0.1) is 19.7 Å². The minimum atomic E-state index is -0.671. The van der Waals surface area contributed by atoms with Crippen LogP contribution in [0.25, 0.3) is 0 Å². The van der Waals surface area contributed by atoms with Gasteiger partial charge in [0.15, 0.2) is 6.29 Å². The summed E-state index contributed by atoms with van der Waals surface area (Å²) in [6.45, 7) is 11.6. The largest absolute Gasteiger partial charge is 0.394 e. The molecule has 0 aromatic carbocycles. The van der Waals surface area contributed by atoms with Gasteiger partial charge in [0.05, 0.1) is 26.4 Å². The number of hydrogen-bond donors (Lipinski definition) is 1. The van der Waals surface area contributed by atoms with E-state index in [1.54, 1.807) is 18.2 Å². The van der Waals surface area contributed by atoms with Gasteiger partial charge in [-0.1, -0.05) is 18.2 Å². The second-order valence-corrected chi connectivity index (χ2v) is 4.72. The molecule has 22 heavy (non-hydrogen) atoms. The smallest absolute Gasteiger partial charge is 0.186 e. The van der Waals surface area contributed by atoms with Gasteiger partial charge in [0.1, 0.15) is 24.4 Å². The molecule has 1 N–H and O–H groups in total. The number of methoxy groups -OCH3 is 1. The second kappa shape index (κ2) is 10.7. The van der Waals surface area contributed by atoms with E-state index in [9.17, 15) is 5.11 Å². The first kappa shape index (κ1) is 19.0. The summed E-state index contributed by atoms with van der Waals surface area (Å²) in [6, 6.07) is 0. The SMILES string of the molecule is C=CCO[C@@H]1[C@@H](OCC=C)[C@@H](OC)O[C@H](CO)[C@H]1OCC=C. The molecule has 6 heteroatoms. The molecule has 1 fully saturated rings. The quantitative estimate of drug-likeness (QED) is 0.575. The zero-order valence-electron chi connectivity index (χ0n) is 13.1. The van der Waals surface area contributed by atoms with Crippen LogP contribution >= 0.6 is 0 Å². The molecule has 1 heterocycles. The number of aliphatic hydroxyl groups excluding tert-OH is 1. The van der Waals surface area contributed by atoms with Crippen LogP contribution in [0.2, 0.25) is 0 Å². The lowest BCUT2D eigenvalue weighted by Crippen LogP contribution is -2.61. The Labute approximate surface area is 132 Å². The van der Waals surface area contributed by atoms with Gasteiger partial charge in [0.25, 0.3) is 0 Å². The van der Waals surface area contributed by atoms with Crippen molar-refractivity contribution >= 4 is 0 Å². The first-order valence-corrected chi connectivity index (χ1v) is 7.20. The molecule has 6 nitrogen and oxygen atoms in total. The van der Waals surface area contributed by atoms with Crippen molar-refractivity contribution in [2.75, 3.05) is 33.5 Å². The number of rotatable bonds is 11. The number of hydrogen-bond acceptors (Lipinski definition) is 6. The lowest BCUT2D eigenvalue weighted by atomic mass is 9.98. The molecule has 0 aromatic heterocycles. The highest BCUT2D eigenvalue weighted by atomic mass is 16.7. The summed E-state index contributed by atoms with van der Waals surface area (Å²) >= 11 is 0. The fourth-order valence-corrected chi connectivity index (χ4v) is 2.32. The van der Waals surface area contributed by atoms with Crippen molar-refractivity contribution in [3.63, 3.8) is 0 Å². The average molecular weight is 314 g/mol. The van der Waals surface area contributed by atoms with Crippen molar-refractivity contribution in [3.8, 4) is 0 Å². The van der Waals surface area contributed by atoms with Gasteiger partial charge in [-0.25, -0.2) is 0 Å². The van der Waals surface area contributed by atoms with Gasteiger partial charge < -0.3 is 28.8 Å². The summed E-state index contributed by atoms with van der Waals surface area (Å²) in [4.78, 5) is 0. The van der Waals surface area contributed by atoms with Gasteiger partial charge in [-0.2, -0.15) is 0 Å². The van der Waals surface area contributed by atoms with E-state index in [0.717, 1.165) is 0 Å². The lowest BCUT2D eigenvalue weighted by molar-refractivity contribution is -0.312. The van der Waals surface area contributed by atoms with Gasteiger partial charge >= 0.3 is 0 Å². The highest BCUT2D eigenvalue weighted by Crippen LogP contribution is 2.28. The summed E-state index contributed by atoms with van der Waals surface area (Å²) in [7, 11) is 1.51. The van der Waals surface area contributed by atoms with Crippen molar-refractivity contribution in [2.24, 2.45) is 0 Å². The maximum Gasteiger partial charge on any atom is 0.186 e. The van der Waals surface area contributed by atoms with Crippen molar-refractivity contribution in [1.82, 2.24) is 0 Å². The van der Waals surface area contributed by atoms with Crippen LogP contribution < -0.4 is 0 Å². The third-order valence-corrected chi connectivity index (χ3v) is 3.22. The van der Waals surface area contributed by atoms with Crippen LogP contribution in [-0.2, 0) is 23.7 Å². The maximum absolute atomic E-state index is 9.56. The fourth-order valence-electron chi connectivity index (χ4n) is 2.32. The summed E-state index contributed by atoms with van der Waals surface area (Å²) in [5.41, 5.74) is 0. The van der Waals surface area contributed by atoms with Crippen LogP contribution in [0.4, 0.5) is 0 Å². The van der Waals surface area contributed by atoms with E-state index in [0.29, 0.717) is 19.8 Å². The molecule has 0 saturated carbocycles. The van der Waals surface area contributed by atoms with E-state index in [1.807, 2.05) is 0 Å². The van der Waals surface area contributed by atoms with Crippen molar-refractivity contribution in [1.29, 1.82) is 0 Å². The molecule has 0 spiro atoms. The van der Waals surface area contributed by atoms with Crippen molar-refractivity contribution < 1.29 is 28.8 Å². The Hall–Kier alpha value is -1.02. The predicted molar refractivity (Wildman–Crippen MR) is 82.6 cm³/mol. The molecule has 0 radical (unpaired) electrons. The van der Waals surface area contributed by atoms with Crippen LogP contribution in [0.1, 0.15) is 0 Å². The summed E-state index contributed by atoms with van der Waals surface area (Å²) in [5, 5.41) is 9.56. The van der Waals surface area contributed by atoms with Crippen molar-refractivity contribution in [3.05, 3.63) is 38.0 Å². The first-order chi connectivity index (χ1) is 10.7. The van der Waals surface area contributed by atoms with Crippen LogP contribution in [-0.4, -0.2) is 69.3 Å². The molecule has 126 valence electrons. The predicted octanol–water partition coefficient (Wildman–Crippen LogP) is 1.06. The minimum absolute atomic E-state index is 0.218. The third-order valence-electron chi connectivity index (χ3n) is 3.22. The second-order valence-electron chi connectivity index (χ2n) is 4.72. The van der Waals surface area contributed by atoms with E-state index < -0.39 is 30.7 Å². The molecule has 0 amide bonds. The molecule has 1 saturated heterocycles. The molecule has 5 atom stereocenters. The summed E-state index contributed by atoms with van der Waals surface area (Å²) < 4.78 is 28.3. The molecular formula is C16H26O6. The molecule has 1 aliphatic heterocycles. The fraction of sp³-hybridized carbons (Fsp3) is 0.625. The zero-order valence-corrected chi connectivity index (χ0v) is 13.1. The molecule has 1 aliphatic rings. The number of aliphatic hydroxyl groups is 1. The van der Waals surface area contributed by atoms with E-state index in [4.69, 9.17) is 23.7 Å². The molecule has 0 aliphatic carbocycles. The Morgan fingerprint density at radius 1 is 0.909 bits per heavy atom. The Balaban J connectivity index is 2.97. The Kier molecular flexibility index (Phi) is 9.22. The topological polar surface area (TPSA) is 66.4 Å². The molecule has 0 bridgehead atoms. The van der Waals surface area contributed by atoms with Crippen molar-refractivity contribution in [2.45, 2.75) is 30.7 Å². The normalized spacial score (nSPS) is 31.6. The molecule has 0 aromatic rings. The van der Waals surface area contributed by atoms with Crippen LogP contribution in [0, 0.1) is 0 Å². The van der Waals surface area contributed by atoms with E-state index in [1.165, 1.54) is 7.11 Å². The molecule has 1 rings (SSSR count). The van der Waals surface area contributed by atoms with Gasteiger partial charge in [0, 0.05) is 7.11 Å². The minimum Gasteiger partial charge on any atom is -0.394 e. The standard InChI is InChI=1S/C16H26O6/c1-5-8-19-13-12(11-17)22-16(18-4)15(21-10-7-3)14(13)20-9-6-2/h5-7,12-17H,1-3,8-11H2,4H3/t12-,13-,14+,15-,16+/m1/s1. The molecular weight excluding hydrogens is 288 g/mol.